The van der Waals surface area contributed by atoms with Gasteiger partial charge in [-0.05, 0) is 41.5 Å². The summed E-state index contributed by atoms with van der Waals surface area (Å²) in [6, 6.07) is 17.1. The fourth-order valence-corrected chi connectivity index (χ4v) is 2.39. The molecule has 3 rings (SSSR count). The van der Waals surface area contributed by atoms with E-state index in [1.807, 2.05) is 54.6 Å². The zero-order valence-electron chi connectivity index (χ0n) is 14.0. The zero-order valence-corrected chi connectivity index (χ0v) is 14.0. The monoisotopic (exact) mass is 333 g/mol. The second kappa shape index (κ2) is 8.06. The number of carbonyl (C=O) groups excluding carboxylic acids is 1. The van der Waals surface area contributed by atoms with E-state index < -0.39 is 0 Å². The van der Waals surface area contributed by atoms with Gasteiger partial charge in [0.25, 0.3) is 0 Å². The average molecular weight is 333 g/mol. The van der Waals surface area contributed by atoms with E-state index in [9.17, 15) is 4.79 Å². The Morgan fingerprint density at radius 2 is 1.72 bits per heavy atom. The van der Waals surface area contributed by atoms with Crippen molar-refractivity contribution in [3.63, 3.8) is 0 Å². The fourth-order valence-electron chi connectivity index (χ4n) is 2.39. The van der Waals surface area contributed by atoms with Gasteiger partial charge in [-0.2, -0.15) is 0 Å². The van der Waals surface area contributed by atoms with Gasteiger partial charge in [0.2, 0.25) is 5.91 Å². The number of nitrogens with one attached hydrogen (secondary N) is 1. The van der Waals surface area contributed by atoms with Crippen molar-refractivity contribution in [1.82, 2.24) is 15.3 Å². The number of amides is 1. The van der Waals surface area contributed by atoms with Crippen molar-refractivity contribution in [3.8, 4) is 17.1 Å². The summed E-state index contributed by atoms with van der Waals surface area (Å²) < 4.78 is 5.11. The SMILES string of the molecule is COc1ccc(CC(=O)NCc2ccc(-c3ccccn3)nc2)cc1. The molecule has 3 aromatic rings. The van der Waals surface area contributed by atoms with E-state index in [0.717, 1.165) is 28.3 Å². The highest BCUT2D eigenvalue weighted by atomic mass is 16.5. The summed E-state index contributed by atoms with van der Waals surface area (Å²) in [6.07, 6.45) is 3.84. The molecule has 0 atom stereocenters. The van der Waals surface area contributed by atoms with E-state index in [2.05, 4.69) is 15.3 Å². The lowest BCUT2D eigenvalue weighted by atomic mass is 10.1. The number of pyridine rings is 2. The standard InChI is InChI=1S/C20H19N3O2/c1-25-17-8-5-15(6-9-17)12-20(24)23-14-16-7-10-19(22-13-16)18-4-2-3-11-21-18/h2-11,13H,12,14H2,1H3,(H,23,24). The summed E-state index contributed by atoms with van der Waals surface area (Å²) in [5.41, 5.74) is 3.54. The predicted octanol–water partition coefficient (Wildman–Crippen LogP) is 3.01. The molecule has 126 valence electrons. The lowest BCUT2D eigenvalue weighted by Crippen LogP contribution is -2.24. The molecule has 0 spiro atoms. The Labute approximate surface area is 146 Å². The van der Waals surface area contributed by atoms with Gasteiger partial charge in [0.15, 0.2) is 0 Å². The van der Waals surface area contributed by atoms with E-state index in [1.54, 1.807) is 19.5 Å². The van der Waals surface area contributed by atoms with Crippen LogP contribution in [0.2, 0.25) is 0 Å². The van der Waals surface area contributed by atoms with Crippen molar-refractivity contribution in [3.05, 3.63) is 78.1 Å². The van der Waals surface area contributed by atoms with E-state index in [4.69, 9.17) is 4.74 Å². The number of benzene rings is 1. The third-order valence-electron chi connectivity index (χ3n) is 3.77. The molecule has 2 aromatic heterocycles. The minimum atomic E-state index is -0.0287. The molecular formula is C20H19N3O2. The van der Waals surface area contributed by atoms with Crippen molar-refractivity contribution in [1.29, 1.82) is 0 Å². The van der Waals surface area contributed by atoms with Gasteiger partial charge in [0.05, 0.1) is 24.9 Å². The first-order valence-corrected chi connectivity index (χ1v) is 8.00. The zero-order chi connectivity index (χ0) is 17.5. The minimum absolute atomic E-state index is 0.0287. The van der Waals surface area contributed by atoms with Crippen LogP contribution < -0.4 is 10.1 Å². The molecule has 0 aliphatic rings. The van der Waals surface area contributed by atoms with E-state index in [0.29, 0.717) is 13.0 Å². The van der Waals surface area contributed by atoms with Crippen LogP contribution in [0.15, 0.2) is 67.0 Å². The first kappa shape index (κ1) is 16.6. The highest BCUT2D eigenvalue weighted by Gasteiger charge is 2.05. The van der Waals surface area contributed by atoms with Crippen LogP contribution in [-0.4, -0.2) is 23.0 Å². The quantitative estimate of drug-likeness (QED) is 0.753. The van der Waals surface area contributed by atoms with Crippen LogP contribution in [0.4, 0.5) is 0 Å². The summed E-state index contributed by atoms with van der Waals surface area (Å²) in [4.78, 5) is 20.7. The third kappa shape index (κ3) is 4.64. The second-order valence-corrected chi connectivity index (χ2v) is 5.57. The van der Waals surface area contributed by atoms with Gasteiger partial charge in [-0.25, -0.2) is 0 Å². The van der Waals surface area contributed by atoms with Crippen molar-refractivity contribution in [2.24, 2.45) is 0 Å². The van der Waals surface area contributed by atoms with Crippen LogP contribution in [-0.2, 0) is 17.8 Å². The maximum atomic E-state index is 12.1. The topological polar surface area (TPSA) is 64.1 Å². The molecular weight excluding hydrogens is 314 g/mol. The van der Waals surface area contributed by atoms with Crippen LogP contribution in [0.1, 0.15) is 11.1 Å². The van der Waals surface area contributed by atoms with Gasteiger partial charge >= 0.3 is 0 Å². The minimum Gasteiger partial charge on any atom is -0.497 e. The van der Waals surface area contributed by atoms with Crippen LogP contribution in [0, 0.1) is 0 Å². The number of methoxy groups -OCH3 is 1. The largest absolute Gasteiger partial charge is 0.497 e. The van der Waals surface area contributed by atoms with Crippen molar-refractivity contribution >= 4 is 5.91 Å². The summed E-state index contributed by atoms with van der Waals surface area (Å²) >= 11 is 0. The Hall–Kier alpha value is -3.21. The molecule has 1 aromatic carbocycles. The molecule has 0 aliphatic heterocycles. The molecule has 5 nitrogen and oxygen atoms in total. The molecule has 0 bridgehead atoms. The summed E-state index contributed by atoms with van der Waals surface area (Å²) in [5, 5.41) is 2.91. The van der Waals surface area contributed by atoms with Crippen LogP contribution in [0.3, 0.4) is 0 Å². The Balaban J connectivity index is 1.53. The molecule has 1 amide bonds. The van der Waals surface area contributed by atoms with Crippen LogP contribution in [0.5, 0.6) is 5.75 Å². The lowest BCUT2D eigenvalue weighted by Gasteiger charge is -2.07. The number of nitrogens with zero attached hydrogens (tertiary/aromatic N) is 2. The second-order valence-electron chi connectivity index (χ2n) is 5.57. The molecule has 5 heteroatoms. The van der Waals surface area contributed by atoms with Gasteiger partial charge in [-0.15, -0.1) is 0 Å². The van der Waals surface area contributed by atoms with Crippen molar-refractivity contribution in [2.45, 2.75) is 13.0 Å². The highest BCUT2D eigenvalue weighted by molar-refractivity contribution is 5.78. The first-order chi connectivity index (χ1) is 12.2. The van der Waals surface area contributed by atoms with Crippen LogP contribution >= 0.6 is 0 Å². The van der Waals surface area contributed by atoms with Gasteiger partial charge in [0.1, 0.15) is 5.75 Å². The maximum absolute atomic E-state index is 12.1. The van der Waals surface area contributed by atoms with Gasteiger partial charge in [-0.1, -0.05) is 24.3 Å². The van der Waals surface area contributed by atoms with E-state index >= 15 is 0 Å². The number of hydrogen-bond acceptors (Lipinski definition) is 4. The number of rotatable bonds is 6. The van der Waals surface area contributed by atoms with Crippen molar-refractivity contribution in [2.75, 3.05) is 7.11 Å². The first-order valence-electron chi connectivity index (χ1n) is 8.00. The molecule has 0 saturated carbocycles. The Morgan fingerprint density at radius 1 is 0.960 bits per heavy atom. The van der Waals surface area contributed by atoms with Crippen molar-refractivity contribution < 1.29 is 9.53 Å². The predicted molar refractivity (Wildman–Crippen MR) is 96.0 cm³/mol. The lowest BCUT2D eigenvalue weighted by molar-refractivity contribution is -0.120. The number of aromatic nitrogens is 2. The molecule has 2 heterocycles. The third-order valence-corrected chi connectivity index (χ3v) is 3.77. The maximum Gasteiger partial charge on any atom is 0.224 e. The summed E-state index contributed by atoms with van der Waals surface area (Å²) in [6.45, 7) is 0.449. The number of ether oxygens (including phenoxy) is 1. The number of carbonyl (C=O) groups is 1. The Morgan fingerprint density at radius 3 is 2.36 bits per heavy atom. The van der Waals surface area contributed by atoms with E-state index in [-0.39, 0.29) is 5.91 Å². The van der Waals surface area contributed by atoms with Gasteiger partial charge in [0, 0.05) is 18.9 Å². The van der Waals surface area contributed by atoms with Crippen LogP contribution in [0.25, 0.3) is 11.4 Å². The molecule has 0 aliphatic carbocycles. The average Bonchev–Trinajstić information content (AvgIpc) is 2.68. The summed E-state index contributed by atoms with van der Waals surface area (Å²) in [7, 11) is 1.62. The molecule has 0 unspecified atom stereocenters. The normalized spacial score (nSPS) is 10.3. The smallest absolute Gasteiger partial charge is 0.224 e. The van der Waals surface area contributed by atoms with E-state index in [1.165, 1.54) is 0 Å². The molecule has 1 N–H and O–H groups in total. The summed E-state index contributed by atoms with van der Waals surface area (Å²) in [5.74, 6) is 0.752. The van der Waals surface area contributed by atoms with Gasteiger partial charge in [-0.3, -0.25) is 14.8 Å². The molecule has 25 heavy (non-hydrogen) atoms. The fraction of sp³-hybridized carbons (Fsp3) is 0.150. The molecule has 0 saturated heterocycles. The molecule has 0 fully saturated rings. The Kier molecular flexibility index (Phi) is 5.36. The number of hydrogen-bond donors (Lipinski definition) is 1. The Bertz CT molecular complexity index is 816. The molecule has 0 radical (unpaired) electrons. The van der Waals surface area contributed by atoms with Gasteiger partial charge < -0.3 is 10.1 Å². The highest BCUT2D eigenvalue weighted by Crippen LogP contribution is 2.14.